The second-order valence-electron chi connectivity index (χ2n) is 9.65. The van der Waals surface area contributed by atoms with Gasteiger partial charge in [0.1, 0.15) is 0 Å². The highest BCUT2D eigenvalue weighted by molar-refractivity contribution is 6.30. The lowest BCUT2D eigenvalue weighted by Gasteiger charge is -2.46. The number of benzene rings is 3. The molecule has 0 heterocycles. The molecule has 1 spiro atoms. The molecule has 30 heavy (non-hydrogen) atoms. The predicted molar refractivity (Wildman–Crippen MR) is 127 cm³/mol. The highest BCUT2D eigenvalue weighted by Crippen LogP contribution is 2.62. The molecule has 150 valence electrons. The molecule has 0 amide bonds. The van der Waals surface area contributed by atoms with Crippen molar-refractivity contribution in [1.82, 2.24) is 0 Å². The molecule has 1 fully saturated rings. The Kier molecular flexibility index (Phi) is 4.06. The van der Waals surface area contributed by atoms with Crippen molar-refractivity contribution in [2.24, 2.45) is 11.8 Å². The third-order valence-electron chi connectivity index (χ3n) is 7.82. The first-order valence-electron chi connectivity index (χ1n) is 11.3. The number of hydrogen-bond acceptors (Lipinski definition) is 0. The molecule has 0 radical (unpaired) electrons. The number of hydrogen-bond donors (Lipinski definition) is 0. The van der Waals surface area contributed by atoms with E-state index in [4.69, 9.17) is 11.6 Å². The average Bonchev–Trinajstić information content (AvgIpc) is 3.02. The minimum Gasteiger partial charge on any atom is -0.0843 e. The molecule has 0 nitrogen and oxygen atoms in total. The Morgan fingerprint density at radius 3 is 2.50 bits per heavy atom. The minimum absolute atomic E-state index is 0.0276. The first-order chi connectivity index (χ1) is 14.6. The fraction of sp³-hybridized carbons (Fsp3) is 0.310. The number of halogens is 1. The van der Waals surface area contributed by atoms with Gasteiger partial charge in [-0.25, -0.2) is 0 Å². The van der Waals surface area contributed by atoms with Crippen molar-refractivity contribution in [3.05, 3.63) is 94.0 Å². The van der Waals surface area contributed by atoms with Crippen molar-refractivity contribution >= 4 is 11.6 Å². The van der Waals surface area contributed by atoms with Crippen LogP contribution in [-0.4, -0.2) is 0 Å². The Bertz CT molecular complexity index is 1200. The summed E-state index contributed by atoms with van der Waals surface area (Å²) in [5.41, 5.74) is 11.6. The number of allylic oxidation sites excluding steroid dienone is 2. The molecule has 1 saturated carbocycles. The van der Waals surface area contributed by atoms with E-state index in [-0.39, 0.29) is 5.41 Å². The molecule has 2 bridgehead atoms. The Balaban J connectivity index is 1.70. The third-order valence-corrected chi connectivity index (χ3v) is 8.06. The summed E-state index contributed by atoms with van der Waals surface area (Å²) in [6, 6.07) is 22.4. The zero-order valence-electron chi connectivity index (χ0n) is 17.7. The van der Waals surface area contributed by atoms with E-state index in [1.165, 1.54) is 64.6 Å². The summed E-state index contributed by atoms with van der Waals surface area (Å²) in [5, 5.41) is 0.811. The van der Waals surface area contributed by atoms with Gasteiger partial charge in [-0.15, -0.1) is 0 Å². The van der Waals surface area contributed by atoms with E-state index in [0.717, 1.165) is 10.9 Å². The highest BCUT2D eigenvalue weighted by atomic mass is 35.5. The van der Waals surface area contributed by atoms with Crippen molar-refractivity contribution in [1.29, 1.82) is 0 Å². The van der Waals surface area contributed by atoms with Crippen molar-refractivity contribution in [2.75, 3.05) is 0 Å². The zero-order valence-corrected chi connectivity index (χ0v) is 18.5. The molecule has 3 aromatic carbocycles. The molecular formula is C29H27Cl. The maximum absolute atomic E-state index is 6.31. The van der Waals surface area contributed by atoms with Crippen LogP contribution in [0.1, 0.15) is 49.3 Å². The van der Waals surface area contributed by atoms with Crippen LogP contribution in [0.2, 0.25) is 5.02 Å². The largest absolute Gasteiger partial charge is 0.0843 e. The van der Waals surface area contributed by atoms with E-state index in [2.05, 4.69) is 74.5 Å². The van der Waals surface area contributed by atoms with Gasteiger partial charge in [0.2, 0.25) is 0 Å². The van der Waals surface area contributed by atoms with Gasteiger partial charge < -0.3 is 0 Å². The highest BCUT2D eigenvalue weighted by Gasteiger charge is 2.50. The molecule has 3 aromatic rings. The van der Waals surface area contributed by atoms with Crippen molar-refractivity contribution in [2.45, 2.75) is 44.9 Å². The third kappa shape index (κ3) is 2.47. The summed E-state index contributed by atoms with van der Waals surface area (Å²) in [5.74, 6) is 1.53. The van der Waals surface area contributed by atoms with Gasteiger partial charge in [0.05, 0.1) is 0 Å². The SMILES string of the molecule is Cc1cc(Cl)ccc1-c1cccc2c1C1(CCC3CC1=CC(C)C3)c1ccccc1-2. The van der Waals surface area contributed by atoms with Gasteiger partial charge >= 0.3 is 0 Å². The Hall–Kier alpha value is -2.31. The molecule has 3 aliphatic rings. The maximum atomic E-state index is 6.31. The molecule has 0 aromatic heterocycles. The predicted octanol–water partition coefficient (Wildman–Crippen LogP) is 8.35. The number of rotatable bonds is 1. The number of fused-ring (bicyclic) bond motifs is 8. The average molecular weight is 411 g/mol. The number of aryl methyl sites for hydroxylation is 1. The zero-order chi connectivity index (χ0) is 20.5. The summed E-state index contributed by atoms with van der Waals surface area (Å²) in [6.07, 6.45) is 7.78. The quantitative estimate of drug-likeness (QED) is 0.353. The van der Waals surface area contributed by atoms with Crippen LogP contribution in [0.5, 0.6) is 0 Å². The van der Waals surface area contributed by atoms with Crippen molar-refractivity contribution < 1.29 is 0 Å². The van der Waals surface area contributed by atoms with E-state index in [0.29, 0.717) is 5.92 Å². The normalized spacial score (nSPS) is 26.3. The fourth-order valence-electron chi connectivity index (χ4n) is 6.73. The molecule has 0 N–H and O–H groups in total. The van der Waals surface area contributed by atoms with Crippen LogP contribution >= 0.6 is 11.6 Å². The van der Waals surface area contributed by atoms with Crippen LogP contribution in [-0.2, 0) is 5.41 Å². The summed E-state index contributed by atoms with van der Waals surface area (Å²) in [7, 11) is 0. The van der Waals surface area contributed by atoms with E-state index >= 15 is 0 Å². The molecule has 0 saturated heterocycles. The van der Waals surface area contributed by atoms with Gasteiger partial charge in [-0.05, 0) is 95.5 Å². The standard InChI is InChI=1S/C29H27Cl/c1-18-14-20-12-13-29(21(15-18)17-20)27-9-4-3-6-24(27)26-8-5-7-25(28(26)29)23-11-10-22(30)16-19(23)2/h3-11,15-16,18,20H,12-14,17H2,1-2H3. The second kappa shape index (κ2) is 6.59. The first-order valence-corrected chi connectivity index (χ1v) is 11.7. The Labute approximate surface area is 184 Å². The Morgan fingerprint density at radius 2 is 1.67 bits per heavy atom. The lowest BCUT2D eigenvalue weighted by molar-refractivity contribution is 0.284. The molecule has 1 heteroatoms. The molecule has 3 unspecified atom stereocenters. The lowest BCUT2D eigenvalue weighted by atomic mass is 9.57. The van der Waals surface area contributed by atoms with Crippen LogP contribution in [0.15, 0.2) is 72.3 Å². The fourth-order valence-corrected chi connectivity index (χ4v) is 6.95. The topological polar surface area (TPSA) is 0 Å². The molecule has 0 aliphatic heterocycles. The van der Waals surface area contributed by atoms with Crippen LogP contribution in [0, 0.1) is 18.8 Å². The van der Waals surface area contributed by atoms with Gasteiger partial charge in [0.25, 0.3) is 0 Å². The van der Waals surface area contributed by atoms with Gasteiger partial charge in [-0.3, -0.25) is 0 Å². The van der Waals surface area contributed by atoms with E-state index < -0.39 is 0 Å². The van der Waals surface area contributed by atoms with Gasteiger partial charge in [0, 0.05) is 10.4 Å². The Morgan fingerprint density at radius 1 is 0.900 bits per heavy atom. The van der Waals surface area contributed by atoms with E-state index in [9.17, 15) is 0 Å². The second-order valence-corrected chi connectivity index (χ2v) is 10.1. The summed E-state index contributed by atoms with van der Waals surface area (Å²) < 4.78 is 0. The smallest absolute Gasteiger partial charge is 0.0429 e. The van der Waals surface area contributed by atoms with Crippen molar-refractivity contribution in [3.8, 4) is 22.3 Å². The van der Waals surface area contributed by atoms with Gasteiger partial charge in [0.15, 0.2) is 0 Å². The molecular weight excluding hydrogens is 384 g/mol. The van der Waals surface area contributed by atoms with Crippen LogP contribution in [0.3, 0.4) is 0 Å². The summed E-state index contributed by atoms with van der Waals surface area (Å²) in [6.45, 7) is 4.59. The van der Waals surface area contributed by atoms with Crippen LogP contribution in [0.4, 0.5) is 0 Å². The van der Waals surface area contributed by atoms with Crippen LogP contribution < -0.4 is 0 Å². The molecule has 3 atom stereocenters. The summed E-state index contributed by atoms with van der Waals surface area (Å²) in [4.78, 5) is 0. The van der Waals surface area contributed by atoms with Gasteiger partial charge in [-0.1, -0.05) is 78.7 Å². The van der Waals surface area contributed by atoms with Crippen LogP contribution in [0.25, 0.3) is 22.3 Å². The molecule has 3 aliphatic carbocycles. The van der Waals surface area contributed by atoms with E-state index in [1.807, 2.05) is 6.07 Å². The summed E-state index contributed by atoms with van der Waals surface area (Å²) >= 11 is 6.31. The monoisotopic (exact) mass is 410 g/mol. The molecule has 6 rings (SSSR count). The van der Waals surface area contributed by atoms with Crippen molar-refractivity contribution in [3.63, 3.8) is 0 Å². The minimum atomic E-state index is 0.0276. The first kappa shape index (κ1) is 18.5. The lowest BCUT2D eigenvalue weighted by Crippen LogP contribution is -2.37. The van der Waals surface area contributed by atoms with Gasteiger partial charge in [-0.2, -0.15) is 0 Å². The van der Waals surface area contributed by atoms with E-state index in [1.54, 1.807) is 5.57 Å². The maximum Gasteiger partial charge on any atom is 0.0429 e.